The molecule has 1 atom stereocenters. The maximum absolute atomic E-state index is 11.5. The number of hydrogen-bond donors (Lipinski definition) is 2. The van der Waals surface area contributed by atoms with Gasteiger partial charge in [-0.3, -0.25) is 0 Å². The number of carbonyl (C=O) groups is 1. The first-order chi connectivity index (χ1) is 6.59. The summed E-state index contributed by atoms with van der Waals surface area (Å²) in [7, 11) is 1.66. The van der Waals surface area contributed by atoms with Crippen molar-refractivity contribution in [3.8, 4) is 0 Å². The summed E-state index contributed by atoms with van der Waals surface area (Å²) in [6, 6.07) is -0.0374. The monoisotopic (exact) mass is 217 g/mol. The first-order valence-corrected chi connectivity index (χ1v) is 4.88. The Labute approximate surface area is 88.6 Å². The molecule has 1 rings (SSSR count). The fourth-order valence-electron chi connectivity index (χ4n) is 1.24. The molecule has 0 radical (unpaired) electrons. The highest BCUT2D eigenvalue weighted by Crippen LogP contribution is 2.03. The van der Waals surface area contributed by atoms with Crippen LogP contribution in [0.15, 0.2) is 0 Å². The molecule has 0 aromatic rings. The van der Waals surface area contributed by atoms with Crippen molar-refractivity contribution in [2.24, 2.45) is 5.73 Å². The molecule has 0 spiro atoms. The number of likely N-dealkylation sites (N-methyl/N-ethyl adjacent to an activating group) is 1. The molecule has 3 N–H and O–H groups in total. The Hall–Kier alpha value is -0.880. The molecule has 6 heteroatoms. The van der Waals surface area contributed by atoms with Crippen molar-refractivity contribution in [2.75, 3.05) is 26.8 Å². The van der Waals surface area contributed by atoms with Gasteiger partial charge in [0.15, 0.2) is 0 Å². The van der Waals surface area contributed by atoms with Gasteiger partial charge in [0, 0.05) is 13.7 Å². The lowest BCUT2D eigenvalue weighted by molar-refractivity contribution is 0.183. The molecule has 1 heterocycles. The third kappa shape index (κ3) is 3.47. The Morgan fingerprint density at radius 3 is 3.00 bits per heavy atom. The smallest absolute Gasteiger partial charge is 0.317 e. The van der Waals surface area contributed by atoms with E-state index in [-0.39, 0.29) is 12.1 Å². The molecule has 0 aromatic carbocycles. The molecule has 1 unspecified atom stereocenters. The van der Waals surface area contributed by atoms with Crippen LogP contribution < -0.4 is 11.1 Å². The normalized spacial score (nSPS) is 20.5. The van der Waals surface area contributed by atoms with E-state index < -0.39 is 0 Å². The minimum atomic E-state index is -0.159. The summed E-state index contributed by atoms with van der Waals surface area (Å²) < 4.78 is 5.14. The van der Waals surface area contributed by atoms with E-state index in [1.54, 1.807) is 7.05 Å². The van der Waals surface area contributed by atoms with Gasteiger partial charge in [0.05, 0.1) is 24.2 Å². The minimum Gasteiger partial charge on any atom is -0.392 e. The van der Waals surface area contributed by atoms with Gasteiger partial charge in [-0.2, -0.15) is 0 Å². The molecule has 1 saturated heterocycles. The average Bonchev–Trinajstić information content (AvgIpc) is 2.55. The quantitative estimate of drug-likeness (QED) is 0.637. The Morgan fingerprint density at radius 2 is 2.50 bits per heavy atom. The van der Waals surface area contributed by atoms with Crippen molar-refractivity contribution in [1.29, 1.82) is 0 Å². The van der Waals surface area contributed by atoms with Gasteiger partial charge >= 0.3 is 6.03 Å². The second-order valence-corrected chi connectivity index (χ2v) is 3.86. The lowest BCUT2D eigenvalue weighted by Gasteiger charge is -2.19. The molecular weight excluding hydrogens is 202 g/mol. The second kappa shape index (κ2) is 5.11. The van der Waals surface area contributed by atoms with E-state index >= 15 is 0 Å². The standard InChI is InChI=1S/C8H15N3O2S/c1-11(4-7(9)14)8(12)10-6-2-3-13-5-6/h6H,2-5H2,1H3,(H2,9,14)(H,10,12). The second-order valence-electron chi connectivity index (χ2n) is 3.33. The van der Waals surface area contributed by atoms with Crippen LogP contribution in [0, 0.1) is 0 Å². The number of rotatable bonds is 3. The summed E-state index contributed by atoms with van der Waals surface area (Å²) in [6.07, 6.45) is 0.868. The Morgan fingerprint density at radius 1 is 1.79 bits per heavy atom. The maximum atomic E-state index is 11.5. The molecule has 2 amide bonds. The molecule has 80 valence electrons. The van der Waals surface area contributed by atoms with Crippen LogP contribution in [-0.2, 0) is 4.74 Å². The van der Waals surface area contributed by atoms with Crippen molar-refractivity contribution < 1.29 is 9.53 Å². The SMILES string of the molecule is CN(CC(N)=S)C(=O)NC1CCOC1. The maximum Gasteiger partial charge on any atom is 0.317 e. The molecule has 0 saturated carbocycles. The zero-order valence-electron chi connectivity index (χ0n) is 8.16. The Balaban J connectivity index is 2.29. The predicted octanol–water partition coefficient (Wildman–Crippen LogP) is -0.297. The lowest BCUT2D eigenvalue weighted by Crippen LogP contribution is -2.45. The predicted molar refractivity (Wildman–Crippen MR) is 57.2 cm³/mol. The van der Waals surface area contributed by atoms with Gasteiger partial charge in [0.25, 0.3) is 0 Å². The molecule has 0 aliphatic carbocycles. The molecule has 0 bridgehead atoms. The van der Waals surface area contributed by atoms with Crippen LogP contribution in [0.1, 0.15) is 6.42 Å². The zero-order valence-corrected chi connectivity index (χ0v) is 8.97. The number of hydrogen-bond acceptors (Lipinski definition) is 3. The first-order valence-electron chi connectivity index (χ1n) is 4.47. The first kappa shape index (κ1) is 11.2. The van der Waals surface area contributed by atoms with Gasteiger partial charge in [-0.25, -0.2) is 4.79 Å². The molecule has 1 aliphatic rings. The van der Waals surface area contributed by atoms with Gasteiger partial charge in [-0.15, -0.1) is 0 Å². The fraction of sp³-hybridized carbons (Fsp3) is 0.750. The van der Waals surface area contributed by atoms with Gasteiger partial charge in [-0.1, -0.05) is 12.2 Å². The van der Waals surface area contributed by atoms with Crippen molar-refractivity contribution in [3.63, 3.8) is 0 Å². The highest BCUT2D eigenvalue weighted by atomic mass is 32.1. The number of nitrogens with zero attached hydrogens (tertiary/aromatic N) is 1. The fourth-order valence-corrected chi connectivity index (χ4v) is 1.43. The summed E-state index contributed by atoms with van der Waals surface area (Å²) in [4.78, 5) is 13.2. The summed E-state index contributed by atoms with van der Waals surface area (Å²) in [5.74, 6) is 0. The molecule has 1 fully saturated rings. The Bertz CT molecular complexity index is 229. The van der Waals surface area contributed by atoms with Crippen LogP contribution in [0.2, 0.25) is 0 Å². The molecular formula is C8H15N3O2S. The largest absolute Gasteiger partial charge is 0.392 e. The minimum absolute atomic E-state index is 0.122. The molecule has 1 aliphatic heterocycles. The van der Waals surface area contributed by atoms with E-state index in [1.165, 1.54) is 4.90 Å². The van der Waals surface area contributed by atoms with Crippen LogP contribution in [0.5, 0.6) is 0 Å². The number of carbonyl (C=O) groups excluding carboxylic acids is 1. The van der Waals surface area contributed by atoms with E-state index in [1.807, 2.05) is 0 Å². The number of amides is 2. The van der Waals surface area contributed by atoms with Crippen molar-refractivity contribution >= 4 is 23.2 Å². The van der Waals surface area contributed by atoms with E-state index in [0.29, 0.717) is 24.7 Å². The number of nitrogens with two attached hydrogens (primary N) is 1. The highest BCUT2D eigenvalue weighted by molar-refractivity contribution is 7.80. The van der Waals surface area contributed by atoms with E-state index in [0.717, 1.165) is 6.42 Å². The third-order valence-electron chi connectivity index (χ3n) is 2.00. The van der Waals surface area contributed by atoms with Crippen molar-refractivity contribution in [3.05, 3.63) is 0 Å². The third-order valence-corrected chi connectivity index (χ3v) is 2.13. The van der Waals surface area contributed by atoms with Crippen LogP contribution in [0.4, 0.5) is 4.79 Å². The van der Waals surface area contributed by atoms with Crippen molar-refractivity contribution in [2.45, 2.75) is 12.5 Å². The summed E-state index contributed by atoms with van der Waals surface area (Å²) in [6.45, 7) is 1.60. The van der Waals surface area contributed by atoms with Crippen LogP contribution in [-0.4, -0.2) is 48.8 Å². The van der Waals surface area contributed by atoms with E-state index in [4.69, 9.17) is 22.7 Å². The number of nitrogens with one attached hydrogen (secondary N) is 1. The van der Waals surface area contributed by atoms with Crippen LogP contribution in [0.25, 0.3) is 0 Å². The number of urea groups is 1. The van der Waals surface area contributed by atoms with E-state index in [9.17, 15) is 4.79 Å². The molecule has 14 heavy (non-hydrogen) atoms. The average molecular weight is 217 g/mol. The van der Waals surface area contributed by atoms with Gasteiger partial charge in [0.1, 0.15) is 0 Å². The number of thiocarbonyl (C=S) groups is 1. The zero-order chi connectivity index (χ0) is 10.6. The van der Waals surface area contributed by atoms with Gasteiger partial charge in [0.2, 0.25) is 0 Å². The van der Waals surface area contributed by atoms with Gasteiger partial charge in [-0.05, 0) is 6.42 Å². The van der Waals surface area contributed by atoms with E-state index in [2.05, 4.69) is 5.32 Å². The Kier molecular flexibility index (Phi) is 4.09. The van der Waals surface area contributed by atoms with Crippen LogP contribution in [0.3, 0.4) is 0 Å². The highest BCUT2D eigenvalue weighted by Gasteiger charge is 2.19. The molecule has 5 nitrogen and oxygen atoms in total. The van der Waals surface area contributed by atoms with Crippen molar-refractivity contribution in [1.82, 2.24) is 10.2 Å². The molecule has 0 aromatic heterocycles. The van der Waals surface area contributed by atoms with Gasteiger partial charge < -0.3 is 20.7 Å². The summed E-state index contributed by atoms with van der Waals surface area (Å²) >= 11 is 4.71. The summed E-state index contributed by atoms with van der Waals surface area (Å²) in [5.41, 5.74) is 5.32. The number of ether oxygens (including phenoxy) is 1. The van der Waals surface area contributed by atoms with Crippen LogP contribution >= 0.6 is 12.2 Å². The summed E-state index contributed by atoms with van der Waals surface area (Å²) in [5, 5.41) is 2.83. The topological polar surface area (TPSA) is 67.6 Å². The lowest BCUT2D eigenvalue weighted by atomic mass is 10.3.